The molecule has 0 atom stereocenters. The molecule has 2 aromatic rings. The first kappa shape index (κ1) is 15.8. The highest BCUT2D eigenvalue weighted by atomic mass is 19.1. The van der Waals surface area contributed by atoms with Crippen LogP contribution in [0.4, 0.5) is 15.8 Å². The van der Waals surface area contributed by atoms with E-state index in [1.54, 1.807) is 24.3 Å². The van der Waals surface area contributed by atoms with Gasteiger partial charge in [-0.1, -0.05) is 12.1 Å². The maximum atomic E-state index is 13.0. The minimum atomic E-state index is -0.378. The highest BCUT2D eigenvalue weighted by molar-refractivity contribution is 5.90. The number of hydrogen-bond acceptors (Lipinski definition) is 3. The molecule has 0 spiro atoms. The highest BCUT2D eigenvalue weighted by Crippen LogP contribution is 2.23. The Morgan fingerprint density at radius 1 is 1.27 bits per heavy atom. The molecule has 0 fully saturated rings. The van der Waals surface area contributed by atoms with Crippen molar-refractivity contribution in [2.45, 2.75) is 19.8 Å². The van der Waals surface area contributed by atoms with Gasteiger partial charge in [-0.25, -0.2) is 4.39 Å². The molecule has 116 valence electrons. The third-order valence-corrected chi connectivity index (χ3v) is 3.12. The fourth-order valence-electron chi connectivity index (χ4n) is 2.09. The van der Waals surface area contributed by atoms with Gasteiger partial charge < -0.3 is 15.8 Å². The van der Waals surface area contributed by atoms with E-state index in [4.69, 9.17) is 10.5 Å². The lowest BCUT2D eigenvalue weighted by molar-refractivity contribution is -0.116. The van der Waals surface area contributed by atoms with Gasteiger partial charge in [-0.3, -0.25) is 4.79 Å². The highest BCUT2D eigenvalue weighted by Gasteiger charge is 2.06. The lowest BCUT2D eigenvalue weighted by Gasteiger charge is -2.09. The van der Waals surface area contributed by atoms with Crippen LogP contribution in [0.3, 0.4) is 0 Å². The van der Waals surface area contributed by atoms with E-state index in [1.165, 1.54) is 12.1 Å². The molecule has 0 aliphatic carbocycles. The Balaban J connectivity index is 1.89. The second-order valence-corrected chi connectivity index (χ2v) is 4.86. The minimum absolute atomic E-state index is 0.168. The van der Waals surface area contributed by atoms with Crippen LogP contribution in [0.25, 0.3) is 0 Å². The Morgan fingerprint density at radius 2 is 2.09 bits per heavy atom. The lowest BCUT2D eigenvalue weighted by atomic mass is 10.1. The number of benzene rings is 2. The molecule has 0 unspecified atom stereocenters. The van der Waals surface area contributed by atoms with Gasteiger partial charge in [0.25, 0.3) is 0 Å². The number of ether oxygens (including phenoxy) is 1. The topological polar surface area (TPSA) is 64.3 Å². The zero-order valence-corrected chi connectivity index (χ0v) is 12.4. The van der Waals surface area contributed by atoms with Gasteiger partial charge in [-0.2, -0.15) is 0 Å². The summed E-state index contributed by atoms with van der Waals surface area (Å²) in [6, 6.07) is 11.3. The van der Waals surface area contributed by atoms with Crippen LogP contribution in [0.5, 0.6) is 5.75 Å². The fraction of sp³-hybridized carbons (Fsp3) is 0.235. The van der Waals surface area contributed by atoms with Gasteiger partial charge in [0.2, 0.25) is 5.91 Å². The van der Waals surface area contributed by atoms with Crippen LogP contribution < -0.4 is 15.8 Å². The quantitative estimate of drug-likeness (QED) is 0.804. The van der Waals surface area contributed by atoms with Crippen molar-refractivity contribution in [3.63, 3.8) is 0 Å². The molecule has 0 bridgehead atoms. The van der Waals surface area contributed by atoms with Crippen molar-refractivity contribution < 1.29 is 13.9 Å². The number of nitrogens with one attached hydrogen (secondary N) is 1. The van der Waals surface area contributed by atoms with E-state index < -0.39 is 0 Å². The molecule has 1 amide bonds. The Labute approximate surface area is 129 Å². The number of nitrogen functional groups attached to an aromatic ring is 1. The van der Waals surface area contributed by atoms with Crippen LogP contribution >= 0.6 is 0 Å². The summed E-state index contributed by atoms with van der Waals surface area (Å²) in [5, 5.41) is 2.66. The van der Waals surface area contributed by atoms with Crippen molar-refractivity contribution in [1.29, 1.82) is 0 Å². The van der Waals surface area contributed by atoms with Gasteiger partial charge in [0, 0.05) is 12.1 Å². The van der Waals surface area contributed by atoms with Gasteiger partial charge >= 0.3 is 0 Å². The summed E-state index contributed by atoms with van der Waals surface area (Å²) in [5.74, 6) is 0.102. The number of amides is 1. The zero-order chi connectivity index (χ0) is 15.9. The third-order valence-electron chi connectivity index (χ3n) is 3.12. The van der Waals surface area contributed by atoms with E-state index in [0.717, 1.165) is 5.56 Å². The molecule has 2 rings (SSSR count). The average molecular weight is 302 g/mol. The largest absolute Gasteiger partial charge is 0.492 e. The Hall–Kier alpha value is -2.56. The van der Waals surface area contributed by atoms with Crippen molar-refractivity contribution in [2.24, 2.45) is 0 Å². The van der Waals surface area contributed by atoms with Gasteiger partial charge in [0.15, 0.2) is 0 Å². The summed E-state index contributed by atoms with van der Waals surface area (Å²) in [7, 11) is 0. The maximum Gasteiger partial charge on any atom is 0.224 e. The summed E-state index contributed by atoms with van der Waals surface area (Å²) in [4.78, 5) is 11.9. The van der Waals surface area contributed by atoms with Crippen LogP contribution in [0, 0.1) is 5.82 Å². The Kier molecular flexibility index (Phi) is 5.36. The van der Waals surface area contributed by atoms with E-state index in [9.17, 15) is 9.18 Å². The number of rotatable bonds is 6. The molecule has 3 N–H and O–H groups in total. The van der Waals surface area contributed by atoms with E-state index >= 15 is 0 Å². The molecule has 2 aromatic carbocycles. The van der Waals surface area contributed by atoms with Crippen LogP contribution in [-0.2, 0) is 11.2 Å². The molecule has 0 saturated heterocycles. The Morgan fingerprint density at radius 3 is 2.77 bits per heavy atom. The van der Waals surface area contributed by atoms with Gasteiger partial charge in [0.1, 0.15) is 11.6 Å². The summed E-state index contributed by atoms with van der Waals surface area (Å²) in [6.07, 6.45) is 0.849. The molecule has 0 aliphatic rings. The number of carbonyl (C=O) groups excluding carboxylic acids is 1. The van der Waals surface area contributed by atoms with Crippen molar-refractivity contribution in [3.8, 4) is 5.75 Å². The number of halogens is 1. The summed E-state index contributed by atoms with van der Waals surface area (Å²) < 4.78 is 18.4. The molecule has 0 saturated carbocycles. The van der Waals surface area contributed by atoms with Crippen molar-refractivity contribution >= 4 is 17.3 Å². The average Bonchev–Trinajstić information content (AvgIpc) is 2.48. The minimum Gasteiger partial charge on any atom is -0.492 e. The number of carbonyl (C=O) groups is 1. The van der Waals surface area contributed by atoms with E-state index in [1.807, 2.05) is 13.0 Å². The van der Waals surface area contributed by atoms with Crippen LogP contribution in [-0.4, -0.2) is 12.5 Å². The normalized spacial score (nSPS) is 10.3. The maximum absolute atomic E-state index is 13.0. The first-order valence-electron chi connectivity index (χ1n) is 7.15. The van der Waals surface area contributed by atoms with Crippen molar-refractivity contribution in [3.05, 3.63) is 53.8 Å². The summed E-state index contributed by atoms with van der Waals surface area (Å²) in [6.45, 7) is 2.45. The molecule has 22 heavy (non-hydrogen) atoms. The van der Waals surface area contributed by atoms with E-state index in [0.29, 0.717) is 36.6 Å². The number of hydrogen-bond donors (Lipinski definition) is 2. The molecular weight excluding hydrogens is 283 g/mol. The molecule has 5 heteroatoms. The molecule has 0 aromatic heterocycles. The first-order valence-corrected chi connectivity index (χ1v) is 7.15. The predicted octanol–water partition coefficient (Wildman–Crippen LogP) is 3.38. The number of aryl methyl sites for hydroxylation is 1. The molecule has 0 heterocycles. The number of nitrogens with two attached hydrogens (primary N) is 1. The molecule has 0 radical (unpaired) electrons. The number of anilines is 2. The van der Waals surface area contributed by atoms with E-state index in [2.05, 4.69) is 5.32 Å². The van der Waals surface area contributed by atoms with Crippen LogP contribution in [0.1, 0.15) is 18.9 Å². The summed E-state index contributed by atoms with van der Waals surface area (Å²) in [5.41, 5.74) is 7.86. The Bertz CT molecular complexity index is 659. The second kappa shape index (κ2) is 7.45. The van der Waals surface area contributed by atoms with E-state index in [-0.39, 0.29) is 11.7 Å². The van der Waals surface area contributed by atoms with Gasteiger partial charge in [-0.05, 0) is 49.2 Å². The zero-order valence-electron chi connectivity index (χ0n) is 12.4. The standard InChI is InChI=1S/C17H19FN2O2/c1-2-22-16-8-6-12(10-15(16)19)7-9-17(21)20-14-5-3-4-13(18)11-14/h3-6,8,10-11H,2,7,9,19H2,1H3,(H,20,21). The SMILES string of the molecule is CCOc1ccc(CCC(=O)Nc2cccc(F)c2)cc1N. The monoisotopic (exact) mass is 302 g/mol. The van der Waals surface area contributed by atoms with Crippen LogP contribution in [0.2, 0.25) is 0 Å². The van der Waals surface area contributed by atoms with Gasteiger partial charge in [0.05, 0.1) is 12.3 Å². The first-order chi connectivity index (χ1) is 10.6. The van der Waals surface area contributed by atoms with Crippen molar-refractivity contribution in [2.75, 3.05) is 17.7 Å². The fourth-order valence-corrected chi connectivity index (χ4v) is 2.09. The molecule has 4 nitrogen and oxygen atoms in total. The second-order valence-electron chi connectivity index (χ2n) is 4.86. The molecule has 0 aliphatic heterocycles. The third kappa shape index (κ3) is 4.48. The lowest BCUT2D eigenvalue weighted by Crippen LogP contribution is -2.12. The predicted molar refractivity (Wildman–Crippen MR) is 85.4 cm³/mol. The van der Waals surface area contributed by atoms with Gasteiger partial charge in [-0.15, -0.1) is 0 Å². The van der Waals surface area contributed by atoms with Crippen LogP contribution in [0.15, 0.2) is 42.5 Å². The summed E-state index contributed by atoms with van der Waals surface area (Å²) >= 11 is 0. The van der Waals surface area contributed by atoms with Crippen molar-refractivity contribution in [1.82, 2.24) is 0 Å². The molecular formula is C17H19FN2O2. The smallest absolute Gasteiger partial charge is 0.224 e.